The monoisotopic (exact) mass is 406 g/mol. The molecule has 0 radical (unpaired) electrons. The van der Waals surface area contributed by atoms with Crippen LogP contribution < -0.4 is 4.90 Å². The molecule has 0 aromatic heterocycles. The molecule has 1 aromatic rings. The number of aliphatic imine (C=N–C) groups is 1. The van der Waals surface area contributed by atoms with Gasteiger partial charge < -0.3 is 9.64 Å². The molecule has 3 atom stereocenters. The Morgan fingerprint density at radius 2 is 2.07 bits per heavy atom. The van der Waals surface area contributed by atoms with Crippen LogP contribution in [0.1, 0.15) is 58.9 Å². The number of hydrogen-bond donors (Lipinski definition) is 0. The van der Waals surface area contributed by atoms with Gasteiger partial charge in [0.1, 0.15) is 18.5 Å². The van der Waals surface area contributed by atoms with E-state index in [1.807, 2.05) is 36.9 Å². The van der Waals surface area contributed by atoms with Crippen molar-refractivity contribution in [1.82, 2.24) is 0 Å². The van der Waals surface area contributed by atoms with Crippen molar-refractivity contribution in [3.63, 3.8) is 0 Å². The number of rotatable bonds is 6. The first kappa shape index (κ1) is 22.7. The van der Waals surface area contributed by atoms with E-state index in [-0.39, 0.29) is 18.6 Å². The summed E-state index contributed by atoms with van der Waals surface area (Å²) in [5, 5.41) is 0.686. The number of halogens is 1. The highest BCUT2D eigenvalue weighted by Crippen LogP contribution is 2.35. The number of aryl methyl sites for hydroxylation is 1. The number of amidine groups is 1. The predicted molar refractivity (Wildman–Crippen MR) is 118 cm³/mol. The zero-order valence-corrected chi connectivity index (χ0v) is 18.9. The summed E-state index contributed by atoms with van der Waals surface area (Å²) in [6, 6.07) is 5.71. The average molecular weight is 407 g/mol. The molecule has 1 aliphatic rings. The Morgan fingerprint density at radius 1 is 1.36 bits per heavy atom. The standard InChI is InChI=1S/C23H35ClN2O2/c1-7-22(25-6)26(20-11-9-18(24)13-17(20)5)14-23(27)28-21-12-16(4)8-10-19(21)15(2)3/h9,11,13,15-16,19,21H,7-8,10,12,14H2,1-6H3/t16-,19+,21-/m1/s1. The van der Waals surface area contributed by atoms with Crippen LogP contribution in [0.15, 0.2) is 23.2 Å². The molecule has 1 aliphatic carbocycles. The minimum Gasteiger partial charge on any atom is -0.461 e. The lowest BCUT2D eigenvalue weighted by molar-refractivity contribution is -0.154. The van der Waals surface area contributed by atoms with E-state index in [1.165, 1.54) is 6.42 Å². The van der Waals surface area contributed by atoms with Crippen LogP contribution in [-0.4, -0.2) is 31.5 Å². The average Bonchev–Trinajstić information content (AvgIpc) is 2.61. The molecule has 0 unspecified atom stereocenters. The fraction of sp³-hybridized carbons (Fsp3) is 0.652. The molecule has 28 heavy (non-hydrogen) atoms. The van der Waals surface area contributed by atoms with Gasteiger partial charge >= 0.3 is 5.97 Å². The number of carbonyl (C=O) groups excluding carboxylic acids is 1. The van der Waals surface area contributed by atoms with Crippen molar-refractivity contribution >= 4 is 29.1 Å². The number of hydrogen-bond acceptors (Lipinski definition) is 3. The van der Waals surface area contributed by atoms with Gasteiger partial charge in [-0.3, -0.25) is 9.79 Å². The number of benzene rings is 1. The van der Waals surface area contributed by atoms with Crippen LogP contribution in [0, 0.1) is 24.7 Å². The minimum absolute atomic E-state index is 0.00746. The lowest BCUT2D eigenvalue weighted by Gasteiger charge is -2.37. The van der Waals surface area contributed by atoms with Crippen LogP contribution >= 0.6 is 11.6 Å². The van der Waals surface area contributed by atoms with E-state index >= 15 is 0 Å². The molecule has 5 heteroatoms. The van der Waals surface area contributed by atoms with Gasteiger partial charge in [0.15, 0.2) is 0 Å². The molecular weight excluding hydrogens is 372 g/mol. The maximum Gasteiger partial charge on any atom is 0.326 e. The van der Waals surface area contributed by atoms with E-state index in [0.29, 0.717) is 22.8 Å². The van der Waals surface area contributed by atoms with Crippen LogP contribution in [0.3, 0.4) is 0 Å². The first-order valence-electron chi connectivity index (χ1n) is 10.5. The number of anilines is 1. The van der Waals surface area contributed by atoms with Gasteiger partial charge in [0, 0.05) is 24.2 Å². The molecule has 2 rings (SSSR count). The fourth-order valence-electron chi connectivity index (χ4n) is 4.29. The highest BCUT2D eigenvalue weighted by Gasteiger charge is 2.34. The SMILES string of the molecule is CCC(=NC)N(CC(=O)O[C@@H]1C[C@H](C)CC[C@H]1C(C)C)c1ccc(Cl)cc1C. The van der Waals surface area contributed by atoms with E-state index in [9.17, 15) is 4.79 Å². The third kappa shape index (κ3) is 5.73. The molecule has 0 spiro atoms. The van der Waals surface area contributed by atoms with Crippen LogP contribution in [-0.2, 0) is 9.53 Å². The molecular formula is C23H35ClN2O2. The van der Waals surface area contributed by atoms with Gasteiger partial charge in [0.2, 0.25) is 0 Å². The summed E-state index contributed by atoms with van der Waals surface area (Å²) in [6.07, 6.45) is 4.05. The van der Waals surface area contributed by atoms with Crippen molar-refractivity contribution in [2.45, 2.75) is 66.4 Å². The Bertz CT molecular complexity index is 702. The maximum absolute atomic E-state index is 12.9. The highest BCUT2D eigenvalue weighted by atomic mass is 35.5. The topological polar surface area (TPSA) is 41.9 Å². The first-order valence-corrected chi connectivity index (χ1v) is 10.8. The molecule has 1 saturated carbocycles. The molecule has 1 aromatic carbocycles. The van der Waals surface area contributed by atoms with Gasteiger partial charge in [0.05, 0.1) is 0 Å². The van der Waals surface area contributed by atoms with Gasteiger partial charge in [0.25, 0.3) is 0 Å². The molecule has 0 N–H and O–H groups in total. The zero-order chi connectivity index (χ0) is 20.8. The number of ether oxygens (including phenoxy) is 1. The Kier molecular flexibility index (Phi) is 8.36. The summed E-state index contributed by atoms with van der Waals surface area (Å²) >= 11 is 6.12. The second-order valence-corrected chi connectivity index (χ2v) is 8.80. The minimum atomic E-state index is -0.186. The summed E-state index contributed by atoms with van der Waals surface area (Å²) in [5.41, 5.74) is 1.96. The molecule has 156 valence electrons. The van der Waals surface area contributed by atoms with Gasteiger partial charge in [-0.2, -0.15) is 0 Å². The van der Waals surface area contributed by atoms with Crippen LogP contribution in [0.25, 0.3) is 0 Å². The molecule has 0 amide bonds. The maximum atomic E-state index is 12.9. The summed E-state index contributed by atoms with van der Waals surface area (Å²) in [4.78, 5) is 19.3. The van der Waals surface area contributed by atoms with E-state index in [0.717, 1.165) is 36.3 Å². The molecule has 4 nitrogen and oxygen atoms in total. The quantitative estimate of drug-likeness (QED) is 0.335. The predicted octanol–water partition coefficient (Wildman–Crippen LogP) is 5.90. The van der Waals surface area contributed by atoms with Crippen molar-refractivity contribution in [2.75, 3.05) is 18.5 Å². The molecule has 0 saturated heterocycles. The van der Waals surface area contributed by atoms with Crippen LogP contribution in [0.4, 0.5) is 5.69 Å². The Labute approximate surface area is 175 Å². The second-order valence-electron chi connectivity index (χ2n) is 8.36. The number of esters is 1. The van der Waals surface area contributed by atoms with Crippen LogP contribution in [0.2, 0.25) is 5.02 Å². The van der Waals surface area contributed by atoms with Gasteiger partial charge in [-0.15, -0.1) is 0 Å². The van der Waals surface area contributed by atoms with Crippen molar-refractivity contribution in [3.8, 4) is 0 Å². The number of nitrogens with zero attached hydrogens (tertiary/aromatic N) is 2. The summed E-state index contributed by atoms with van der Waals surface area (Å²) in [5.74, 6) is 2.24. The largest absolute Gasteiger partial charge is 0.461 e. The molecule has 1 fully saturated rings. The van der Waals surface area contributed by atoms with Crippen molar-refractivity contribution in [3.05, 3.63) is 28.8 Å². The Morgan fingerprint density at radius 3 is 2.64 bits per heavy atom. The van der Waals surface area contributed by atoms with Crippen molar-refractivity contribution in [2.24, 2.45) is 22.7 Å². The smallest absolute Gasteiger partial charge is 0.326 e. The molecule has 0 heterocycles. The highest BCUT2D eigenvalue weighted by molar-refractivity contribution is 6.30. The summed E-state index contributed by atoms with van der Waals surface area (Å²) in [6.45, 7) is 10.9. The van der Waals surface area contributed by atoms with E-state index < -0.39 is 0 Å². The summed E-state index contributed by atoms with van der Waals surface area (Å²) in [7, 11) is 1.76. The van der Waals surface area contributed by atoms with E-state index in [2.05, 4.69) is 25.8 Å². The normalized spacial score (nSPS) is 23.0. The van der Waals surface area contributed by atoms with Crippen molar-refractivity contribution in [1.29, 1.82) is 0 Å². The van der Waals surface area contributed by atoms with Gasteiger partial charge in [-0.1, -0.05) is 45.7 Å². The van der Waals surface area contributed by atoms with E-state index in [4.69, 9.17) is 16.3 Å². The third-order valence-electron chi connectivity index (χ3n) is 5.87. The van der Waals surface area contributed by atoms with Crippen molar-refractivity contribution < 1.29 is 9.53 Å². The summed E-state index contributed by atoms with van der Waals surface area (Å²) < 4.78 is 6.03. The van der Waals surface area contributed by atoms with Crippen LogP contribution in [0.5, 0.6) is 0 Å². The zero-order valence-electron chi connectivity index (χ0n) is 18.2. The molecule has 0 aliphatic heterocycles. The lowest BCUT2D eigenvalue weighted by Crippen LogP contribution is -2.41. The first-order chi connectivity index (χ1) is 13.3. The Balaban J connectivity index is 2.20. The fourth-order valence-corrected chi connectivity index (χ4v) is 4.52. The van der Waals surface area contributed by atoms with Gasteiger partial charge in [-0.25, -0.2) is 0 Å². The Hall–Kier alpha value is -1.55. The van der Waals surface area contributed by atoms with Gasteiger partial charge in [-0.05, 0) is 61.3 Å². The number of carbonyl (C=O) groups is 1. The second kappa shape index (κ2) is 10.3. The lowest BCUT2D eigenvalue weighted by atomic mass is 9.75. The third-order valence-corrected chi connectivity index (χ3v) is 6.10. The molecule has 0 bridgehead atoms. The van der Waals surface area contributed by atoms with E-state index in [1.54, 1.807) is 7.05 Å².